The van der Waals surface area contributed by atoms with Crippen molar-refractivity contribution in [1.29, 1.82) is 0 Å². The first kappa shape index (κ1) is 26.4. The highest BCUT2D eigenvalue weighted by molar-refractivity contribution is 8.06. The Hall–Kier alpha value is -3.23. The summed E-state index contributed by atoms with van der Waals surface area (Å²) in [4.78, 5) is 7.81. The zero-order valence-corrected chi connectivity index (χ0v) is 18.9. The Morgan fingerprint density at radius 1 is 1.09 bits per heavy atom. The number of rotatable bonds is 6. The SMILES string of the molecule is CCS(=O)(=O)C(=Nc1cc2cnn(CC(F)(F)C(C)(F)F)c2cn1)c1ccc(C(F)(F)F)cc1N. The van der Waals surface area contributed by atoms with E-state index in [1.165, 1.54) is 6.92 Å². The van der Waals surface area contributed by atoms with Crippen molar-refractivity contribution < 1.29 is 39.2 Å². The lowest BCUT2D eigenvalue weighted by atomic mass is 10.1. The number of anilines is 1. The van der Waals surface area contributed by atoms with Crippen LogP contribution in [0.1, 0.15) is 25.0 Å². The number of benzene rings is 1. The third-order valence-corrected chi connectivity index (χ3v) is 6.66. The van der Waals surface area contributed by atoms with Gasteiger partial charge in [0.15, 0.2) is 20.7 Å². The fourth-order valence-electron chi connectivity index (χ4n) is 2.95. The van der Waals surface area contributed by atoms with Crippen LogP contribution in [0.2, 0.25) is 0 Å². The molecule has 190 valence electrons. The number of sulfone groups is 1. The van der Waals surface area contributed by atoms with Gasteiger partial charge in [-0.15, -0.1) is 0 Å². The molecule has 0 amide bonds. The summed E-state index contributed by atoms with van der Waals surface area (Å²) in [7, 11) is -4.13. The summed E-state index contributed by atoms with van der Waals surface area (Å²) >= 11 is 0. The van der Waals surface area contributed by atoms with Gasteiger partial charge < -0.3 is 5.73 Å². The van der Waals surface area contributed by atoms with E-state index in [2.05, 4.69) is 15.1 Å². The van der Waals surface area contributed by atoms with Gasteiger partial charge in [-0.2, -0.15) is 27.1 Å². The Balaban J connectivity index is 2.08. The maximum absolute atomic E-state index is 13.8. The Labute approximate surface area is 194 Å². The van der Waals surface area contributed by atoms with Crippen LogP contribution in [0.15, 0.2) is 41.7 Å². The zero-order valence-electron chi connectivity index (χ0n) is 18.1. The predicted molar refractivity (Wildman–Crippen MR) is 115 cm³/mol. The van der Waals surface area contributed by atoms with Crippen LogP contribution >= 0.6 is 0 Å². The van der Waals surface area contributed by atoms with Gasteiger partial charge >= 0.3 is 18.0 Å². The molecule has 0 aliphatic heterocycles. The Kier molecular flexibility index (Phi) is 6.61. The molecule has 2 aromatic heterocycles. The molecule has 0 fully saturated rings. The number of aromatic nitrogens is 3. The lowest BCUT2D eigenvalue weighted by molar-refractivity contribution is -0.205. The highest BCUT2D eigenvalue weighted by Gasteiger charge is 2.52. The van der Waals surface area contributed by atoms with Crippen LogP contribution in [0.5, 0.6) is 0 Å². The molecular weight excluding hydrogens is 507 g/mol. The third kappa shape index (κ3) is 5.39. The minimum Gasteiger partial charge on any atom is -0.398 e. The van der Waals surface area contributed by atoms with Gasteiger partial charge in [-0.1, -0.05) is 6.92 Å². The number of nitrogen functional groups attached to an aromatic ring is 1. The number of fused-ring (bicyclic) bond motifs is 1. The molecule has 0 saturated carbocycles. The summed E-state index contributed by atoms with van der Waals surface area (Å²) < 4.78 is 119. The monoisotopic (exact) mass is 525 g/mol. The molecular formula is C20H18F7N5O2S. The molecule has 1 aromatic carbocycles. The summed E-state index contributed by atoms with van der Waals surface area (Å²) in [5, 5.41) is 3.13. The minimum atomic E-state index is -4.71. The van der Waals surface area contributed by atoms with Crippen LogP contribution < -0.4 is 5.73 Å². The standard InChI is InChI=1S/C20H18F7N5O2S/c1-3-35(33,34)17(13-5-4-12(7-14(13)28)20(25,26)27)31-16-6-11-8-30-32(15(11)9-29-16)10-19(23,24)18(2,21)22/h4-9H,3,10,28H2,1-2H3. The molecule has 3 aromatic rings. The second kappa shape index (κ2) is 8.77. The molecule has 0 atom stereocenters. The summed E-state index contributed by atoms with van der Waals surface area (Å²) in [6.07, 6.45) is -2.66. The first-order chi connectivity index (χ1) is 16.0. The van der Waals surface area contributed by atoms with Crippen LogP contribution in [0, 0.1) is 0 Å². The molecule has 0 aliphatic carbocycles. The van der Waals surface area contributed by atoms with E-state index in [9.17, 15) is 39.2 Å². The second-order valence-electron chi connectivity index (χ2n) is 7.62. The third-order valence-electron chi connectivity index (χ3n) is 5.00. The quantitative estimate of drug-likeness (QED) is 0.215. The van der Waals surface area contributed by atoms with Crippen LogP contribution in [0.3, 0.4) is 0 Å². The van der Waals surface area contributed by atoms with Crippen LogP contribution in [-0.2, 0) is 22.6 Å². The minimum absolute atomic E-state index is 0.0539. The normalized spacial score (nSPS) is 14.0. The van der Waals surface area contributed by atoms with Crippen molar-refractivity contribution in [3.8, 4) is 0 Å². The number of nitrogens with zero attached hydrogens (tertiary/aromatic N) is 4. The summed E-state index contributed by atoms with van der Waals surface area (Å²) in [5.41, 5.74) is 3.77. The smallest absolute Gasteiger partial charge is 0.398 e. The van der Waals surface area contributed by atoms with Gasteiger partial charge in [0.1, 0.15) is 6.54 Å². The van der Waals surface area contributed by atoms with Crippen molar-refractivity contribution in [2.75, 3.05) is 11.5 Å². The van der Waals surface area contributed by atoms with Gasteiger partial charge in [-0.05, 0) is 24.3 Å². The molecule has 0 radical (unpaired) electrons. The first-order valence-electron chi connectivity index (χ1n) is 9.82. The zero-order chi connectivity index (χ0) is 26.4. The van der Waals surface area contributed by atoms with Gasteiger partial charge in [0.05, 0.1) is 29.2 Å². The maximum atomic E-state index is 13.8. The largest absolute Gasteiger partial charge is 0.416 e. The van der Waals surface area contributed by atoms with Gasteiger partial charge in [0.2, 0.25) is 0 Å². The van der Waals surface area contributed by atoms with E-state index in [0.29, 0.717) is 16.8 Å². The van der Waals surface area contributed by atoms with Gasteiger partial charge in [-0.25, -0.2) is 27.2 Å². The first-order valence-corrected chi connectivity index (χ1v) is 11.5. The molecule has 2 N–H and O–H groups in total. The van der Waals surface area contributed by atoms with Crippen molar-refractivity contribution in [3.63, 3.8) is 0 Å². The molecule has 3 rings (SSSR count). The molecule has 0 spiro atoms. The fraction of sp³-hybridized carbons (Fsp3) is 0.350. The molecule has 15 heteroatoms. The summed E-state index contributed by atoms with van der Waals surface area (Å²) in [6, 6.07) is 3.25. The van der Waals surface area contributed by atoms with Gasteiger partial charge in [-0.3, -0.25) is 4.68 Å². The summed E-state index contributed by atoms with van der Waals surface area (Å²) in [5.74, 6) is -9.44. The highest BCUT2D eigenvalue weighted by Crippen LogP contribution is 2.36. The van der Waals surface area contributed by atoms with Crippen molar-refractivity contribution in [3.05, 3.63) is 47.8 Å². The Morgan fingerprint density at radius 3 is 2.29 bits per heavy atom. The molecule has 0 saturated heterocycles. The van der Waals surface area contributed by atoms with Crippen LogP contribution in [-0.4, -0.2) is 45.8 Å². The highest BCUT2D eigenvalue weighted by atomic mass is 32.2. The van der Waals surface area contributed by atoms with Crippen molar-refractivity contribution in [2.45, 2.75) is 38.4 Å². The number of halogens is 7. The van der Waals surface area contributed by atoms with E-state index < -0.39 is 56.5 Å². The second-order valence-corrected chi connectivity index (χ2v) is 9.81. The molecule has 7 nitrogen and oxygen atoms in total. The molecule has 0 aliphatic rings. The average Bonchev–Trinajstić information content (AvgIpc) is 3.12. The number of hydrogen-bond donors (Lipinski definition) is 1. The van der Waals surface area contributed by atoms with E-state index in [1.54, 1.807) is 0 Å². The van der Waals surface area contributed by atoms with Gasteiger partial charge in [0.25, 0.3) is 0 Å². The lowest BCUT2D eigenvalue weighted by Crippen LogP contribution is -2.41. The number of nitrogens with two attached hydrogens (primary N) is 1. The van der Waals surface area contributed by atoms with E-state index in [4.69, 9.17) is 5.73 Å². The molecule has 0 bridgehead atoms. The fourth-order valence-corrected chi connectivity index (χ4v) is 3.98. The Bertz CT molecular complexity index is 1390. The molecule has 35 heavy (non-hydrogen) atoms. The van der Waals surface area contributed by atoms with Crippen molar-refractivity contribution in [1.82, 2.24) is 14.8 Å². The van der Waals surface area contributed by atoms with E-state index in [-0.39, 0.29) is 29.2 Å². The topological polar surface area (TPSA) is 103 Å². The average molecular weight is 525 g/mol. The molecule has 2 heterocycles. The van der Waals surface area contributed by atoms with Crippen LogP contribution in [0.4, 0.5) is 42.2 Å². The Morgan fingerprint density at radius 2 is 1.74 bits per heavy atom. The van der Waals surface area contributed by atoms with Crippen molar-refractivity contribution in [2.24, 2.45) is 4.99 Å². The number of hydrogen-bond acceptors (Lipinski definition) is 6. The lowest BCUT2D eigenvalue weighted by Gasteiger charge is -2.23. The van der Waals surface area contributed by atoms with Gasteiger partial charge in [0, 0.05) is 23.6 Å². The summed E-state index contributed by atoms with van der Waals surface area (Å²) in [6.45, 7) is -0.0796. The van der Waals surface area contributed by atoms with E-state index in [0.717, 1.165) is 24.5 Å². The maximum Gasteiger partial charge on any atom is 0.416 e. The van der Waals surface area contributed by atoms with Crippen LogP contribution in [0.25, 0.3) is 10.9 Å². The molecule has 0 unspecified atom stereocenters. The number of alkyl halides is 7. The number of pyridine rings is 1. The van der Waals surface area contributed by atoms with Crippen molar-refractivity contribution >= 4 is 37.3 Å². The number of aliphatic imine (C=N–C) groups is 1. The van der Waals surface area contributed by atoms with E-state index in [1.807, 2.05) is 0 Å². The predicted octanol–water partition coefficient (Wildman–Crippen LogP) is 4.84. The van der Waals surface area contributed by atoms with E-state index >= 15 is 0 Å².